The van der Waals surface area contributed by atoms with Crippen molar-refractivity contribution >= 4 is 5.91 Å². The van der Waals surface area contributed by atoms with Crippen LogP contribution in [0.2, 0.25) is 0 Å². The quantitative estimate of drug-likeness (QED) is 0.793. The molecule has 0 spiro atoms. The summed E-state index contributed by atoms with van der Waals surface area (Å²) in [4.78, 5) is 12.1. The topological polar surface area (TPSA) is 49.3 Å². The van der Waals surface area contributed by atoms with Gasteiger partial charge in [0.2, 0.25) is 5.91 Å². The highest BCUT2D eigenvalue weighted by molar-refractivity contribution is 5.79. The summed E-state index contributed by atoms with van der Waals surface area (Å²) in [6.45, 7) is 8.32. The Kier molecular flexibility index (Phi) is 4.99. The van der Waals surface area contributed by atoms with E-state index in [2.05, 4.69) is 26.1 Å². The first-order chi connectivity index (χ1) is 7.90. The van der Waals surface area contributed by atoms with Gasteiger partial charge in [-0.15, -0.1) is 0 Å². The second-order valence-electron chi connectivity index (χ2n) is 6.16. The lowest BCUT2D eigenvalue weighted by atomic mass is 9.76. The molecule has 0 bridgehead atoms. The van der Waals surface area contributed by atoms with Crippen LogP contribution >= 0.6 is 0 Å². The summed E-state index contributed by atoms with van der Waals surface area (Å²) in [7, 11) is 0. The van der Waals surface area contributed by atoms with Gasteiger partial charge in [-0.3, -0.25) is 4.79 Å². The van der Waals surface area contributed by atoms with Gasteiger partial charge in [-0.2, -0.15) is 0 Å². The second-order valence-corrected chi connectivity index (χ2v) is 6.16. The molecule has 1 aliphatic rings. The van der Waals surface area contributed by atoms with E-state index in [4.69, 9.17) is 0 Å². The molecule has 0 aromatic carbocycles. The van der Waals surface area contributed by atoms with Gasteiger partial charge in [0, 0.05) is 5.92 Å². The van der Waals surface area contributed by atoms with Crippen molar-refractivity contribution in [1.29, 1.82) is 0 Å². The number of hydrogen-bond donors (Lipinski definition) is 2. The number of carbonyl (C=O) groups excluding carboxylic acids is 1. The van der Waals surface area contributed by atoms with Crippen molar-refractivity contribution in [2.75, 3.05) is 6.61 Å². The highest BCUT2D eigenvalue weighted by Crippen LogP contribution is 2.32. The van der Waals surface area contributed by atoms with Crippen LogP contribution in [0.3, 0.4) is 0 Å². The van der Waals surface area contributed by atoms with Gasteiger partial charge < -0.3 is 10.4 Å². The Bertz CT molecular complexity index is 265. The third-order valence-electron chi connectivity index (χ3n) is 4.20. The summed E-state index contributed by atoms with van der Waals surface area (Å²) in [5.74, 6) is 1.02. The van der Waals surface area contributed by atoms with Gasteiger partial charge >= 0.3 is 0 Å². The minimum atomic E-state index is -0.363. The smallest absolute Gasteiger partial charge is 0.223 e. The maximum atomic E-state index is 12.1. The first-order valence-electron chi connectivity index (χ1n) is 6.83. The van der Waals surface area contributed by atoms with E-state index < -0.39 is 0 Å². The third-order valence-corrected chi connectivity index (χ3v) is 4.20. The zero-order chi connectivity index (χ0) is 13.1. The number of nitrogens with one attached hydrogen (secondary N) is 1. The molecule has 3 unspecified atom stereocenters. The predicted octanol–water partition coefficient (Wildman–Crippen LogP) is 2.34. The molecule has 0 radical (unpaired) electrons. The highest BCUT2D eigenvalue weighted by atomic mass is 16.3. The zero-order valence-corrected chi connectivity index (χ0v) is 11.6. The number of amides is 1. The van der Waals surface area contributed by atoms with Crippen molar-refractivity contribution in [2.45, 2.75) is 58.9 Å². The summed E-state index contributed by atoms with van der Waals surface area (Å²) in [5, 5.41) is 12.7. The third kappa shape index (κ3) is 3.70. The van der Waals surface area contributed by atoms with Crippen molar-refractivity contribution in [3.8, 4) is 0 Å². The highest BCUT2D eigenvalue weighted by Gasteiger charge is 2.36. The Morgan fingerprint density at radius 3 is 2.59 bits per heavy atom. The van der Waals surface area contributed by atoms with Gasteiger partial charge in [0.15, 0.2) is 0 Å². The van der Waals surface area contributed by atoms with Crippen LogP contribution in [0.15, 0.2) is 0 Å². The molecule has 1 fully saturated rings. The largest absolute Gasteiger partial charge is 0.394 e. The molecule has 3 nitrogen and oxygen atoms in total. The van der Waals surface area contributed by atoms with Gasteiger partial charge in [-0.05, 0) is 24.7 Å². The summed E-state index contributed by atoms with van der Waals surface area (Å²) in [5.41, 5.74) is -0.363. The van der Waals surface area contributed by atoms with E-state index >= 15 is 0 Å². The van der Waals surface area contributed by atoms with Crippen molar-refractivity contribution in [1.82, 2.24) is 5.32 Å². The van der Waals surface area contributed by atoms with Gasteiger partial charge in [-0.25, -0.2) is 0 Å². The maximum absolute atomic E-state index is 12.1. The van der Waals surface area contributed by atoms with Gasteiger partial charge in [0.1, 0.15) is 0 Å². The Labute approximate surface area is 105 Å². The Hall–Kier alpha value is -0.570. The lowest BCUT2D eigenvalue weighted by molar-refractivity contribution is -0.129. The van der Waals surface area contributed by atoms with Crippen molar-refractivity contribution < 1.29 is 9.90 Å². The number of aliphatic hydroxyl groups is 1. The molecular weight excluding hydrogens is 214 g/mol. The molecule has 0 heterocycles. The van der Waals surface area contributed by atoms with E-state index in [-0.39, 0.29) is 24.0 Å². The SMILES string of the molecule is CC1CCCC(CO)(NC(=O)C(C)C(C)C)C1. The number of carbonyl (C=O) groups is 1. The fraction of sp³-hybridized carbons (Fsp3) is 0.929. The molecule has 0 aliphatic heterocycles. The molecule has 17 heavy (non-hydrogen) atoms. The maximum Gasteiger partial charge on any atom is 0.223 e. The molecular formula is C14H27NO2. The average Bonchev–Trinajstić information content (AvgIpc) is 2.27. The van der Waals surface area contributed by atoms with Gasteiger partial charge in [-0.1, -0.05) is 40.5 Å². The van der Waals surface area contributed by atoms with Crippen LogP contribution in [0.25, 0.3) is 0 Å². The molecule has 100 valence electrons. The average molecular weight is 241 g/mol. The Morgan fingerprint density at radius 1 is 1.47 bits per heavy atom. The predicted molar refractivity (Wildman–Crippen MR) is 69.6 cm³/mol. The molecule has 0 aromatic heterocycles. The van der Waals surface area contributed by atoms with Crippen molar-refractivity contribution in [2.24, 2.45) is 17.8 Å². The zero-order valence-electron chi connectivity index (χ0n) is 11.6. The second kappa shape index (κ2) is 5.85. The Morgan fingerprint density at radius 2 is 2.12 bits per heavy atom. The van der Waals surface area contributed by atoms with Crippen LogP contribution in [0.4, 0.5) is 0 Å². The van der Waals surface area contributed by atoms with E-state index in [1.807, 2.05) is 6.92 Å². The van der Waals surface area contributed by atoms with Gasteiger partial charge in [0.25, 0.3) is 0 Å². The first kappa shape index (κ1) is 14.5. The molecule has 3 heteroatoms. The minimum absolute atomic E-state index is 0.00987. The first-order valence-corrected chi connectivity index (χ1v) is 6.83. The summed E-state index contributed by atoms with van der Waals surface area (Å²) in [6, 6.07) is 0. The number of hydrogen-bond acceptors (Lipinski definition) is 2. The number of rotatable bonds is 4. The van der Waals surface area contributed by atoms with Gasteiger partial charge in [0.05, 0.1) is 12.1 Å². The number of aliphatic hydroxyl groups excluding tert-OH is 1. The van der Waals surface area contributed by atoms with Crippen LogP contribution in [0.1, 0.15) is 53.4 Å². The molecule has 1 saturated carbocycles. The standard InChI is InChI=1S/C14H27NO2/c1-10(2)12(4)13(17)15-14(9-16)7-5-6-11(3)8-14/h10-12,16H,5-9H2,1-4H3,(H,15,17). The van der Waals surface area contributed by atoms with E-state index in [1.165, 1.54) is 6.42 Å². The van der Waals surface area contributed by atoms with Crippen molar-refractivity contribution in [3.63, 3.8) is 0 Å². The minimum Gasteiger partial charge on any atom is -0.394 e. The lowest BCUT2D eigenvalue weighted by Crippen LogP contribution is -2.55. The molecule has 1 rings (SSSR count). The van der Waals surface area contributed by atoms with Crippen LogP contribution < -0.4 is 5.32 Å². The van der Waals surface area contributed by atoms with Crippen LogP contribution in [0.5, 0.6) is 0 Å². The normalized spacial score (nSPS) is 31.3. The monoisotopic (exact) mass is 241 g/mol. The molecule has 1 amide bonds. The molecule has 0 saturated heterocycles. The van der Waals surface area contributed by atoms with E-state index in [9.17, 15) is 9.90 Å². The van der Waals surface area contributed by atoms with Crippen LogP contribution in [0, 0.1) is 17.8 Å². The van der Waals surface area contributed by atoms with E-state index in [0.29, 0.717) is 11.8 Å². The Balaban J connectivity index is 2.65. The molecule has 0 aromatic rings. The summed E-state index contributed by atoms with van der Waals surface area (Å²) >= 11 is 0. The lowest BCUT2D eigenvalue weighted by Gasteiger charge is -2.40. The van der Waals surface area contributed by atoms with Crippen LogP contribution in [-0.2, 0) is 4.79 Å². The fourth-order valence-corrected chi connectivity index (χ4v) is 2.63. The molecule has 1 aliphatic carbocycles. The molecule has 2 N–H and O–H groups in total. The fourth-order valence-electron chi connectivity index (χ4n) is 2.63. The summed E-state index contributed by atoms with van der Waals surface area (Å²) in [6.07, 6.45) is 4.11. The van der Waals surface area contributed by atoms with Crippen molar-refractivity contribution in [3.05, 3.63) is 0 Å². The van der Waals surface area contributed by atoms with Crippen LogP contribution in [-0.4, -0.2) is 23.2 Å². The van der Waals surface area contributed by atoms with E-state index in [0.717, 1.165) is 19.3 Å². The van der Waals surface area contributed by atoms with E-state index in [1.54, 1.807) is 0 Å². The molecule has 3 atom stereocenters. The summed E-state index contributed by atoms with van der Waals surface area (Å²) < 4.78 is 0.